The first-order chi connectivity index (χ1) is 17.6. The zero-order valence-corrected chi connectivity index (χ0v) is 25.5. The number of hydrogen-bond donors (Lipinski definition) is 0. The fraction of sp³-hybridized carbons (Fsp3) is 0.909. The van der Waals surface area contributed by atoms with Crippen molar-refractivity contribution < 1.29 is 14.5 Å². The molecule has 0 heterocycles. The highest BCUT2D eigenvalue weighted by Crippen LogP contribution is 2.77. The van der Waals surface area contributed by atoms with Gasteiger partial charge in [0.1, 0.15) is 6.10 Å². The molecule has 5 nitrogen and oxygen atoms in total. The summed E-state index contributed by atoms with van der Waals surface area (Å²) in [5.41, 5.74) is 4.14. The van der Waals surface area contributed by atoms with Gasteiger partial charge in [-0.25, -0.2) is 0 Å². The van der Waals surface area contributed by atoms with Crippen molar-refractivity contribution in [2.45, 2.75) is 132 Å². The van der Waals surface area contributed by atoms with Crippen LogP contribution in [0.1, 0.15) is 126 Å². The molecule has 0 bridgehead atoms. The summed E-state index contributed by atoms with van der Waals surface area (Å²) in [4.78, 5) is 23.3. The minimum Gasteiger partial charge on any atom is -0.462 e. The zero-order valence-electron chi connectivity index (χ0n) is 25.5. The Labute approximate surface area is 231 Å². The number of nitrogens with zero attached hydrogens (tertiary/aromatic N) is 1. The van der Waals surface area contributed by atoms with Crippen LogP contribution in [0.2, 0.25) is 0 Å². The fourth-order valence-corrected chi connectivity index (χ4v) is 11.9. The number of hydrogen-bond acceptors (Lipinski definition) is 4. The molecule has 0 aliphatic heterocycles. The van der Waals surface area contributed by atoms with Crippen molar-refractivity contribution in [3.8, 4) is 0 Å². The van der Waals surface area contributed by atoms with Gasteiger partial charge in [-0.2, -0.15) is 0 Å². The molecule has 5 heteroatoms. The second kappa shape index (κ2) is 9.06. The quantitative estimate of drug-likeness (QED) is 0.156. The van der Waals surface area contributed by atoms with E-state index in [9.17, 15) is 14.9 Å². The van der Waals surface area contributed by atoms with E-state index in [4.69, 9.17) is 4.74 Å². The number of allylic oxidation sites excluding steroid dienone is 2. The van der Waals surface area contributed by atoms with Crippen LogP contribution in [-0.2, 0) is 9.53 Å². The molecule has 0 saturated heterocycles. The number of esters is 1. The van der Waals surface area contributed by atoms with Gasteiger partial charge in [-0.3, -0.25) is 14.9 Å². The zero-order chi connectivity index (χ0) is 27.9. The van der Waals surface area contributed by atoms with Gasteiger partial charge in [-0.1, -0.05) is 59.6 Å². The van der Waals surface area contributed by atoms with Gasteiger partial charge in [0.05, 0.1) is 0 Å². The lowest BCUT2D eigenvalue weighted by molar-refractivity contribution is -0.483. The van der Waals surface area contributed by atoms with Crippen molar-refractivity contribution in [3.05, 3.63) is 21.3 Å². The topological polar surface area (TPSA) is 69.4 Å². The Bertz CT molecular complexity index is 1030. The maximum absolute atomic E-state index is 11.9. The third kappa shape index (κ3) is 3.79. The minimum absolute atomic E-state index is 0.0131. The average molecular weight is 528 g/mol. The summed E-state index contributed by atoms with van der Waals surface area (Å²) >= 11 is 0. The van der Waals surface area contributed by atoms with E-state index in [1.54, 1.807) is 18.1 Å². The molecular weight excluding hydrogens is 474 g/mol. The molecule has 0 amide bonds. The van der Waals surface area contributed by atoms with Crippen LogP contribution in [0, 0.1) is 60.9 Å². The number of nitro groups is 1. The number of carbonyl (C=O) groups excluding carboxylic acids is 1. The van der Waals surface area contributed by atoms with E-state index in [1.807, 2.05) is 0 Å². The highest BCUT2D eigenvalue weighted by molar-refractivity contribution is 5.66. The van der Waals surface area contributed by atoms with Gasteiger partial charge in [0.15, 0.2) is 0 Å². The number of rotatable bonds is 5. The van der Waals surface area contributed by atoms with Crippen LogP contribution in [-0.4, -0.2) is 23.5 Å². The van der Waals surface area contributed by atoms with Crippen molar-refractivity contribution in [1.82, 2.24) is 0 Å². The van der Waals surface area contributed by atoms with Crippen molar-refractivity contribution in [1.29, 1.82) is 0 Å². The number of ether oxygens (including phenoxy) is 1. The molecule has 0 N–H and O–H groups in total. The summed E-state index contributed by atoms with van der Waals surface area (Å²) < 4.78 is 5.91. The fourth-order valence-electron chi connectivity index (χ4n) is 11.9. The number of carbonyl (C=O) groups is 1. The van der Waals surface area contributed by atoms with Crippen LogP contribution >= 0.6 is 0 Å². The summed E-state index contributed by atoms with van der Waals surface area (Å²) in [7, 11) is 0. The van der Waals surface area contributed by atoms with Crippen LogP contribution in [0.25, 0.3) is 0 Å². The lowest BCUT2D eigenvalue weighted by Gasteiger charge is -2.72. The first-order valence-corrected chi connectivity index (χ1v) is 15.6. The lowest BCUT2D eigenvalue weighted by atomic mass is 9.33. The van der Waals surface area contributed by atoms with E-state index < -0.39 is 0 Å². The van der Waals surface area contributed by atoms with Gasteiger partial charge in [-0.05, 0) is 110 Å². The van der Waals surface area contributed by atoms with E-state index >= 15 is 0 Å². The molecule has 0 spiro atoms. The van der Waals surface area contributed by atoms with Gasteiger partial charge >= 0.3 is 5.97 Å². The molecule has 5 aliphatic rings. The maximum Gasteiger partial charge on any atom is 0.302 e. The minimum atomic E-state index is -0.145. The first-order valence-electron chi connectivity index (χ1n) is 15.6. The molecule has 0 radical (unpaired) electrons. The largest absolute Gasteiger partial charge is 0.462 e. The van der Waals surface area contributed by atoms with E-state index in [1.165, 1.54) is 32.1 Å². The Morgan fingerprint density at radius 3 is 2.29 bits per heavy atom. The Kier molecular flexibility index (Phi) is 6.71. The van der Waals surface area contributed by atoms with Crippen LogP contribution in [0.3, 0.4) is 0 Å². The maximum atomic E-state index is 11.9. The third-order valence-corrected chi connectivity index (χ3v) is 13.8. The van der Waals surface area contributed by atoms with E-state index in [-0.39, 0.29) is 50.6 Å². The molecule has 0 aromatic carbocycles. The van der Waals surface area contributed by atoms with Crippen LogP contribution in [0.5, 0.6) is 0 Å². The summed E-state index contributed by atoms with van der Waals surface area (Å²) in [6.07, 6.45) is 12.4. The molecule has 4 saturated carbocycles. The molecule has 5 aliphatic carbocycles. The van der Waals surface area contributed by atoms with Crippen LogP contribution in [0.4, 0.5) is 0 Å². The predicted molar refractivity (Wildman–Crippen MR) is 151 cm³/mol. The Hall–Kier alpha value is -1.39. The Balaban J connectivity index is 1.52. The van der Waals surface area contributed by atoms with Gasteiger partial charge in [-0.15, -0.1) is 0 Å². The van der Waals surface area contributed by atoms with Crippen LogP contribution < -0.4 is 0 Å². The molecule has 4 fully saturated rings. The SMILES string of the molecule is CC(=O)O[C@H]1CC[C@@]2(C)C(CC[C@]3(C)C2CC[C@@H]2C4=C(C(C)C)CC[C@]4(CC[N+](=O)[O-])CC[C@]23C)C1(C)C. The molecule has 0 aromatic rings. The Morgan fingerprint density at radius 2 is 1.66 bits per heavy atom. The Morgan fingerprint density at radius 1 is 0.947 bits per heavy atom. The van der Waals surface area contributed by atoms with E-state index in [0.29, 0.717) is 23.7 Å². The first kappa shape index (κ1) is 28.1. The molecule has 0 aromatic heterocycles. The second-order valence-electron chi connectivity index (χ2n) is 15.8. The summed E-state index contributed by atoms with van der Waals surface area (Å²) in [5, 5.41) is 11.5. The lowest BCUT2D eigenvalue weighted by Crippen LogP contribution is -2.65. The number of fused-ring (bicyclic) bond motifs is 7. The molecule has 214 valence electrons. The molecule has 5 rings (SSSR count). The molecule has 2 unspecified atom stereocenters. The van der Waals surface area contributed by atoms with Gasteiger partial charge in [0.25, 0.3) is 0 Å². The smallest absolute Gasteiger partial charge is 0.302 e. The van der Waals surface area contributed by atoms with E-state index in [0.717, 1.165) is 38.5 Å². The van der Waals surface area contributed by atoms with Gasteiger partial charge in [0, 0.05) is 23.7 Å². The third-order valence-electron chi connectivity index (χ3n) is 13.8. The molecule has 8 atom stereocenters. The second-order valence-corrected chi connectivity index (χ2v) is 15.8. The van der Waals surface area contributed by atoms with Gasteiger partial charge in [0.2, 0.25) is 6.54 Å². The predicted octanol–water partition coefficient (Wildman–Crippen LogP) is 8.39. The highest BCUT2D eigenvalue weighted by Gasteiger charge is 2.69. The standard InChI is InChI=1S/C33H53NO4/c1-21(2)23-11-16-33(19-20-34(36)37)18-17-31(7)24(28(23)33)9-10-26-30(6)14-13-27(38-22(3)35)29(4,5)25(30)12-15-32(26,31)8/h21,24-27H,9-20H2,1-8H3/t24-,25?,26?,27+,30+,31-,32-,33-/m1/s1. The molecular formula is C33H53NO4. The average Bonchev–Trinajstić information content (AvgIpc) is 3.20. The van der Waals surface area contributed by atoms with Crippen molar-refractivity contribution in [2.75, 3.05) is 6.54 Å². The highest BCUT2D eigenvalue weighted by atomic mass is 16.6. The normalized spacial score (nSPS) is 45.6. The monoisotopic (exact) mass is 527 g/mol. The molecule has 38 heavy (non-hydrogen) atoms. The van der Waals surface area contributed by atoms with Crippen LogP contribution in [0.15, 0.2) is 11.1 Å². The summed E-state index contributed by atoms with van der Waals surface area (Å²) in [6.45, 7) is 19.0. The summed E-state index contributed by atoms with van der Waals surface area (Å²) in [5.74, 6) is 2.18. The van der Waals surface area contributed by atoms with E-state index in [2.05, 4.69) is 48.5 Å². The summed E-state index contributed by atoms with van der Waals surface area (Å²) in [6, 6.07) is 0. The van der Waals surface area contributed by atoms with Gasteiger partial charge < -0.3 is 4.74 Å². The van der Waals surface area contributed by atoms with Crippen molar-refractivity contribution in [3.63, 3.8) is 0 Å². The van der Waals surface area contributed by atoms with Crippen molar-refractivity contribution >= 4 is 5.97 Å². The van der Waals surface area contributed by atoms with Crippen molar-refractivity contribution in [2.24, 2.45) is 50.7 Å².